The molecule has 1 saturated heterocycles. The topological polar surface area (TPSA) is 87.9 Å². The summed E-state index contributed by atoms with van der Waals surface area (Å²) >= 11 is 1.41. The molecule has 0 atom stereocenters. The molecule has 1 saturated carbocycles. The fourth-order valence-electron chi connectivity index (χ4n) is 3.45. The number of benzene rings is 1. The first-order valence-electron chi connectivity index (χ1n) is 9.89. The highest BCUT2D eigenvalue weighted by molar-refractivity contribution is 7.99. The van der Waals surface area contributed by atoms with Crippen LogP contribution in [0.3, 0.4) is 0 Å². The van der Waals surface area contributed by atoms with Crippen molar-refractivity contribution < 1.29 is 23.7 Å². The van der Waals surface area contributed by atoms with Crippen molar-refractivity contribution in [1.29, 1.82) is 0 Å². The SMILES string of the molecule is COc1cc(C(=O)CSc2nnc(N3CCOCC3)n2C2CC2)cc(OC)c1OC. The van der Waals surface area contributed by atoms with Crippen LogP contribution in [0.4, 0.5) is 5.95 Å². The molecular formula is C20H26N4O5S. The number of anilines is 1. The molecule has 0 spiro atoms. The first-order valence-corrected chi connectivity index (χ1v) is 10.9. The molecule has 0 N–H and O–H groups in total. The van der Waals surface area contributed by atoms with E-state index >= 15 is 0 Å². The van der Waals surface area contributed by atoms with Crippen LogP contribution in [0, 0.1) is 0 Å². The van der Waals surface area contributed by atoms with Gasteiger partial charge in [0.1, 0.15) is 0 Å². The maximum Gasteiger partial charge on any atom is 0.228 e. The third-order valence-electron chi connectivity index (χ3n) is 5.17. The monoisotopic (exact) mass is 434 g/mol. The second kappa shape index (κ2) is 9.13. The van der Waals surface area contributed by atoms with Crippen LogP contribution >= 0.6 is 11.8 Å². The van der Waals surface area contributed by atoms with Gasteiger partial charge in [0.2, 0.25) is 11.7 Å². The fourth-order valence-corrected chi connectivity index (χ4v) is 4.35. The first kappa shape index (κ1) is 20.8. The Kier molecular flexibility index (Phi) is 6.33. The fraction of sp³-hybridized carbons (Fsp3) is 0.550. The van der Waals surface area contributed by atoms with E-state index in [0.29, 0.717) is 42.1 Å². The lowest BCUT2D eigenvalue weighted by atomic mass is 10.1. The van der Waals surface area contributed by atoms with Gasteiger partial charge >= 0.3 is 0 Å². The molecule has 1 aromatic carbocycles. The van der Waals surface area contributed by atoms with Crippen LogP contribution in [0.25, 0.3) is 0 Å². The number of carbonyl (C=O) groups is 1. The predicted octanol–water partition coefficient (Wildman–Crippen LogP) is 2.45. The molecule has 2 fully saturated rings. The van der Waals surface area contributed by atoms with Gasteiger partial charge in [-0.05, 0) is 25.0 Å². The number of hydrogen-bond acceptors (Lipinski definition) is 9. The molecular weight excluding hydrogens is 408 g/mol. The average Bonchev–Trinajstić information content (AvgIpc) is 3.55. The van der Waals surface area contributed by atoms with Gasteiger partial charge in [-0.3, -0.25) is 9.36 Å². The van der Waals surface area contributed by atoms with Gasteiger partial charge in [-0.1, -0.05) is 11.8 Å². The molecule has 0 unspecified atom stereocenters. The minimum Gasteiger partial charge on any atom is -0.493 e. The van der Waals surface area contributed by atoms with Gasteiger partial charge in [-0.25, -0.2) is 0 Å². The summed E-state index contributed by atoms with van der Waals surface area (Å²) in [6, 6.07) is 3.76. The number of thioether (sulfide) groups is 1. The normalized spacial score (nSPS) is 16.4. The average molecular weight is 435 g/mol. The third-order valence-corrected chi connectivity index (χ3v) is 6.11. The molecule has 0 amide bonds. The number of ether oxygens (including phenoxy) is 4. The van der Waals surface area contributed by atoms with E-state index in [-0.39, 0.29) is 11.5 Å². The van der Waals surface area contributed by atoms with Gasteiger partial charge in [0.05, 0.1) is 40.3 Å². The summed E-state index contributed by atoms with van der Waals surface area (Å²) in [5.74, 6) is 2.46. The van der Waals surface area contributed by atoms with Crippen LogP contribution in [0.15, 0.2) is 17.3 Å². The van der Waals surface area contributed by atoms with E-state index < -0.39 is 0 Å². The Morgan fingerprint density at radius 1 is 1.10 bits per heavy atom. The number of carbonyl (C=O) groups excluding carboxylic acids is 1. The van der Waals surface area contributed by atoms with Gasteiger partial charge in [0.25, 0.3) is 0 Å². The third kappa shape index (κ3) is 4.20. The number of hydrogen-bond donors (Lipinski definition) is 0. The molecule has 9 nitrogen and oxygen atoms in total. The van der Waals surface area contributed by atoms with Crippen molar-refractivity contribution in [2.24, 2.45) is 0 Å². The van der Waals surface area contributed by atoms with E-state index in [1.165, 1.54) is 33.1 Å². The van der Waals surface area contributed by atoms with Crippen LogP contribution in [0.2, 0.25) is 0 Å². The zero-order valence-electron chi connectivity index (χ0n) is 17.4. The number of ketones is 1. The van der Waals surface area contributed by atoms with Gasteiger partial charge in [-0.2, -0.15) is 0 Å². The van der Waals surface area contributed by atoms with Crippen molar-refractivity contribution in [3.8, 4) is 17.2 Å². The maximum absolute atomic E-state index is 12.9. The first-order chi connectivity index (χ1) is 14.7. The van der Waals surface area contributed by atoms with E-state index in [1.807, 2.05) is 0 Å². The minimum absolute atomic E-state index is 0.0440. The van der Waals surface area contributed by atoms with Gasteiger partial charge in [0.15, 0.2) is 22.4 Å². The Morgan fingerprint density at radius 2 is 1.77 bits per heavy atom. The van der Waals surface area contributed by atoms with Gasteiger partial charge in [0, 0.05) is 24.7 Å². The predicted molar refractivity (Wildman–Crippen MR) is 112 cm³/mol. The molecule has 4 rings (SSSR count). The Balaban J connectivity index is 1.51. The summed E-state index contributed by atoms with van der Waals surface area (Å²) in [6.45, 7) is 3.00. The standard InChI is InChI=1S/C20H26N4O5S/c1-26-16-10-13(11-17(27-2)18(16)28-3)15(25)12-30-20-22-21-19(24(20)14-4-5-14)23-6-8-29-9-7-23/h10-11,14H,4-9,12H2,1-3H3. The summed E-state index contributed by atoms with van der Waals surface area (Å²) < 4.78 is 23.7. The smallest absolute Gasteiger partial charge is 0.228 e. The molecule has 30 heavy (non-hydrogen) atoms. The summed E-state index contributed by atoms with van der Waals surface area (Å²) in [5, 5.41) is 9.59. The Hall–Kier alpha value is -2.46. The molecule has 162 valence electrons. The van der Waals surface area contributed by atoms with Crippen molar-refractivity contribution in [3.63, 3.8) is 0 Å². The zero-order chi connectivity index (χ0) is 21.1. The number of nitrogens with zero attached hydrogens (tertiary/aromatic N) is 4. The highest BCUT2D eigenvalue weighted by Gasteiger charge is 2.32. The molecule has 2 aromatic rings. The highest BCUT2D eigenvalue weighted by atomic mass is 32.2. The van der Waals surface area contributed by atoms with Crippen molar-refractivity contribution in [2.75, 3.05) is 58.3 Å². The quantitative estimate of drug-likeness (QED) is 0.436. The molecule has 2 aliphatic rings. The second-order valence-electron chi connectivity index (χ2n) is 7.11. The Morgan fingerprint density at radius 3 is 2.33 bits per heavy atom. The van der Waals surface area contributed by atoms with Crippen molar-refractivity contribution >= 4 is 23.5 Å². The number of Topliss-reactive ketones (excluding diaryl/α,β-unsaturated/α-hetero) is 1. The lowest BCUT2D eigenvalue weighted by Crippen LogP contribution is -2.38. The molecule has 10 heteroatoms. The zero-order valence-corrected chi connectivity index (χ0v) is 18.2. The summed E-state index contributed by atoms with van der Waals surface area (Å²) in [5.41, 5.74) is 0.503. The van der Waals surface area contributed by atoms with E-state index in [0.717, 1.165) is 37.0 Å². The van der Waals surface area contributed by atoms with Crippen LogP contribution < -0.4 is 19.1 Å². The highest BCUT2D eigenvalue weighted by Crippen LogP contribution is 2.42. The summed E-state index contributed by atoms with van der Waals surface area (Å²) in [4.78, 5) is 15.1. The van der Waals surface area contributed by atoms with E-state index in [1.54, 1.807) is 12.1 Å². The van der Waals surface area contributed by atoms with E-state index in [2.05, 4.69) is 19.7 Å². The van der Waals surface area contributed by atoms with Crippen molar-refractivity contribution in [3.05, 3.63) is 17.7 Å². The minimum atomic E-state index is -0.0440. The molecule has 2 heterocycles. The van der Waals surface area contributed by atoms with E-state index in [4.69, 9.17) is 18.9 Å². The molecule has 1 aliphatic carbocycles. The lowest BCUT2D eigenvalue weighted by Gasteiger charge is -2.27. The number of morpholine rings is 1. The lowest BCUT2D eigenvalue weighted by molar-refractivity contribution is 0.102. The largest absolute Gasteiger partial charge is 0.493 e. The summed E-state index contributed by atoms with van der Waals surface area (Å²) in [7, 11) is 4.60. The maximum atomic E-state index is 12.9. The molecule has 0 bridgehead atoms. The van der Waals surface area contributed by atoms with E-state index in [9.17, 15) is 4.79 Å². The number of aromatic nitrogens is 3. The van der Waals surface area contributed by atoms with Crippen LogP contribution in [-0.2, 0) is 4.74 Å². The van der Waals surface area contributed by atoms with Crippen molar-refractivity contribution in [1.82, 2.24) is 14.8 Å². The summed E-state index contributed by atoms with van der Waals surface area (Å²) in [6.07, 6.45) is 2.23. The molecule has 1 aromatic heterocycles. The van der Waals surface area contributed by atoms with Gasteiger partial charge in [-0.15, -0.1) is 10.2 Å². The molecule has 1 aliphatic heterocycles. The Bertz CT molecular complexity index is 884. The second-order valence-corrected chi connectivity index (χ2v) is 8.05. The van der Waals surface area contributed by atoms with Gasteiger partial charge < -0.3 is 23.8 Å². The Labute approximate surface area is 179 Å². The number of rotatable bonds is 9. The van der Waals surface area contributed by atoms with Crippen LogP contribution in [-0.4, -0.2) is 73.9 Å². The number of methoxy groups -OCH3 is 3. The van der Waals surface area contributed by atoms with Crippen LogP contribution in [0.5, 0.6) is 17.2 Å². The van der Waals surface area contributed by atoms with Crippen molar-refractivity contribution in [2.45, 2.75) is 24.0 Å². The van der Waals surface area contributed by atoms with Crippen LogP contribution in [0.1, 0.15) is 29.2 Å². The molecule has 0 radical (unpaired) electrons.